The fourth-order valence-electron chi connectivity index (χ4n) is 1.37. The summed E-state index contributed by atoms with van der Waals surface area (Å²) in [5.74, 6) is -0.533. The molecule has 128 valence electrons. The highest BCUT2D eigenvalue weighted by Gasteiger charge is 2.06. The number of nitrogens with two attached hydrogens (primary N) is 2. The van der Waals surface area contributed by atoms with E-state index in [4.69, 9.17) is 15.3 Å². The van der Waals surface area contributed by atoms with Crippen molar-refractivity contribution in [2.75, 3.05) is 0 Å². The summed E-state index contributed by atoms with van der Waals surface area (Å²) in [6, 6.07) is 0. The summed E-state index contributed by atoms with van der Waals surface area (Å²) in [5.41, 5.74) is 11.7. The Balaban J connectivity index is -0.000000372. The van der Waals surface area contributed by atoms with E-state index in [9.17, 15) is 0 Å². The van der Waals surface area contributed by atoms with Gasteiger partial charge in [0.1, 0.15) is 0 Å². The molecule has 0 radical (unpaired) electrons. The number of carboxylic acid groups (broad SMARTS) is 1. The third-order valence-electron chi connectivity index (χ3n) is 2.72. The highest BCUT2D eigenvalue weighted by molar-refractivity contribution is 5.71. The molecule has 0 saturated carbocycles. The zero-order chi connectivity index (χ0) is 18.1. The van der Waals surface area contributed by atoms with E-state index >= 15 is 0 Å². The minimum absolute atomic E-state index is 0.333. The first-order valence-corrected chi connectivity index (χ1v) is 7.29. The molecule has 0 amide bonds. The van der Waals surface area contributed by atoms with Crippen LogP contribution < -0.4 is 11.5 Å². The summed E-state index contributed by atoms with van der Waals surface area (Å²) in [6.07, 6.45) is 8.92. The molecule has 0 heterocycles. The lowest BCUT2D eigenvalue weighted by Crippen LogP contribution is -2.20. The van der Waals surface area contributed by atoms with E-state index in [2.05, 4.69) is 51.5 Å². The fraction of sp³-hybridized carbons (Fsp3) is 0.529. The minimum Gasteiger partial charge on any atom is -0.481 e. The Hall–Kier alpha value is -2.04. The lowest BCUT2D eigenvalue weighted by molar-refractivity contribution is -0.134. The van der Waals surface area contributed by atoms with E-state index in [-0.39, 0.29) is 5.96 Å². The van der Waals surface area contributed by atoms with Gasteiger partial charge in [-0.2, -0.15) is 0 Å². The Morgan fingerprint density at radius 3 is 2.00 bits per heavy atom. The largest absolute Gasteiger partial charge is 0.481 e. The van der Waals surface area contributed by atoms with Gasteiger partial charge < -0.3 is 16.6 Å². The SMILES string of the molecule is C=CCCC(C/C=C(/C)CC)C(=C)C.CC(=O)O.N=C(N)N. The quantitative estimate of drug-likeness (QED) is 0.325. The molecular weight excluding hydrogens is 278 g/mol. The summed E-state index contributed by atoms with van der Waals surface area (Å²) in [5, 5.41) is 13.5. The second-order valence-corrected chi connectivity index (χ2v) is 5.02. The van der Waals surface area contributed by atoms with Crippen LogP contribution in [0.25, 0.3) is 0 Å². The summed E-state index contributed by atoms with van der Waals surface area (Å²) < 4.78 is 0. The molecule has 5 nitrogen and oxygen atoms in total. The van der Waals surface area contributed by atoms with Crippen LogP contribution in [0.1, 0.15) is 53.4 Å². The van der Waals surface area contributed by atoms with Crippen molar-refractivity contribution in [1.29, 1.82) is 5.41 Å². The van der Waals surface area contributed by atoms with E-state index < -0.39 is 5.97 Å². The van der Waals surface area contributed by atoms with Gasteiger partial charge in [-0.25, -0.2) is 0 Å². The third-order valence-corrected chi connectivity index (χ3v) is 2.72. The normalized spacial score (nSPS) is 11.0. The Morgan fingerprint density at radius 2 is 1.73 bits per heavy atom. The number of aliphatic carboxylic acids is 1. The Bertz CT molecular complexity index is 354. The van der Waals surface area contributed by atoms with Gasteiger partial charge in [0.2, 0.25) is 0 Å². The van der Waals surface area contributed by atoms with Gasteiger partial charge >= 0.3 is 0 Å². The topological polar surface area (TPSA) is 113 Å². The predicted molar refractivity (Wildman–Crippen MR) is 95.8 cm³/mol. The van der Waals surface area contributed by atoms with E-state index in [1.807, 2.05) is 6.08 Å². The Kier molecular flexibility index (Phi) is 19.3. The third kappa shape index (κ3) is 30.8. The smallest absolute Gasteiger partial charge is 0.300 e. The highest BCUT2D eigenvalue weighted by atomic mass is 16.4. The maximum atomic E-state index is 9.00. The molecule has 0 aromatic carbocycles. The predicted octanol–water partition coefficient (Wildman–Crippen LogP) is 3.82. The zero-order valence-corrected chi connectivity index (χ0v) is 14.5. The van der Waals surface area contributed by atoms with E-state index in [1.165, 1.54) is 17.6 Å². The molecule has 0 saturated heterocycles. The molecule has 0 bridgehead atoms. The number of guanidine groups is 1. The van der Waals surface area contributed by atoms with Crippen LogP contribution in [0.2, 0.25) is 0 Å². The molecule has 0 aliphatic heterocycles. The number of hydrogen-bond donors (Lipinski definition) is 4. The molecule has 0 aliphatic rings. The summed E-state index contributed by atoms with van der Waals surface area (Å²) in [7, 11) is 0. The number of nitrogens with one attached hydrogen (secondary N) is 1. The molecule has 6 N–H and O–H groups in total. The van der Waals surface area contributed by atoms with Crippen molar-refractivity contribution in [3.8, 4) is 0 Å². The average Bonchev–Trinajstić information content (AvgIpc) is 2.36. The molecule has 0 fully saturated rings. The Labute approximate surface area is 135 Å². The van der Waals surface area contributed by atoms with Gasteiger partial charge in [0, 0.05) is 6.92 Å². The lowest BCUT2D eigenvalue weighted by Gasteiger charge is -2.14. The number of carboxylic acids is 1. The zero-order valence-electron chi connectivity index (χ0n) is 14.5. The van der Waals surface area contributed by atoms with E-state index in [0.29, 0.717) is 5.92 Å². The summed E-state index contributed by atoms with van der Waals surface area (Å²) >= 11 is 0. The standard InChI is InChI=1S/C14H24.C2H4O2.CH5N3/c1-6-8-9-14(12(3)4)11-10-13(5)7-2;1-2(3)4;2-1(3)4/h6,10,14H,1,3,7-9,11H2,2,4-5H3;1H3,(H,3,4);(H5,2,3,4)/b13-10-;;. The van der Waals surface area contributed by atoms with Crippen molar-refractivity contribution in [1.82, 2.24) is 0 Å². The molecule has 5 heteroatoms. The van der Waals surface area contributed by atoms with Crippen LogP contribution in [0.3, 0.4) is 0 Å². The fourth-order valence-corrected chi connectivity index (χ4v) is 1.37. The van der Waals surface area contributed by atoms with Crippen molar-refractivity contribution in [2.45, 2.75) is 53.4 Å². The number of carbonyl (C=O) groups is 1. The van der Waals surface area contributed by atoms with Crippen molar-refractivity contribution in [2.24, 2.45) is 17.4 Å². The molecule has 0 aromatic rings. The van der Waals surface area contributed by atoms with Crippen molar-refractivity contribution >= 4 is 11.9 Å². The first kappa shape index (κ1) is 24.9. The van der Waals surface area contributed by atoms with Gasteiger partial charge in [0.25, 0.3) is 5.97 Å². The number of hydrogen-bond acceptors (Lipinski definition) is 2. The van der Waals surface area contributed by atoms with Gasteiger partial charge in [0.15, 0.2) is 5.96 Å². The van der Waals surface area contributed by atoms with Crippen LogP contribution in [-0.4, -0.2) is 17.0 Å². The van der Waals surface area contributed by atoms with Crippen LogP contribution >= 0.6 is 0 Å². The molecule has 0 aliphatic carbocycles. The summed E-state index contributed by atoms with van der Waals surface area (Å²) in [6.45, 7) is 15.4. The monoisotopic (exact) mass is 311 g/mol. The number of allylic oxidation sites excluding steroid dienone is 4. The first-order valence-electron chi connectivity index (χ1n) is 7.29. The van der Waals surface area contributed by atoms with Gasteiger partial charge in [-0.3, -0.25) is 10.2 Å². The molecule has 1 unspecified atom stereocenters. The molecule has 0 aromatic heterocycles. The van der Waals surface area contributed by atoms with Crippen LogP contribution in [0.15, 0.2) is 36.5 Å². The van der Waals surface area contributed by atoms with Gasteiger partial charge in [0.05, 0.1) is 0 Å². The van der Waals surface area contributed by atoms with Crippen LogP contribution in [-0.2, 0) is 4.79 Å². The van der Waals surface area contributed by atoms with E-state index in [1.54, 1.807) is 0 Å². The van der Waals surface area contributed by atoms with Crippen molar-refractivity contribution in [3.63, 3.8) is 0 Å². The van der Waals surface area contributed by atoms with Crippen molar-refractivity contribution in [3.05, 3.63) is 36.5 Å². The first-order chi connectivity index (χ1) is 10.1. The second-order valence-electron chi connectivity index (χ2n) is 5.02. The van der Waals surface area contributed by atoms with Gasteiger partial charge in [-0.15, -0.1) is 6.58 Å². The molecular formula is C17H33N3O2. The molecule has 0 rings (SSSR count). The lowest BCUT2D eigenvalue weighted by atomic mass is 9.92. The highest BCUT2D eigenvalue weighted by Crippen LogP contribution is 2.21. The van der Waals surface area contributed by atoms with E-state index in [0.717, 1.165) is 26.2 Å². The Morgan fingerprint density at radius 1 is 1.32 bits per heavy atom. The van der Waals surface area contributed by atoms with Crippen molar-refractivity contribution < 1.29 is 9.90 Å². The van der Waals surface area contributed by atoms with Crippen LogP contribution in [0.5, 0.6) is 0 Å². The van der Waals surface area contributed by atoms with Gasteiger partial charge in [-0.05, 0) is 45.4 Å². The summed E-state index contributed by atoms with van der Waals surface area (Å²) in [4.78, 5) is 9.00. The van der Waals surface area contributed by atoms with Crippen LogP contribution in [0.4, 0.5) is 0 Å². The van der Waals surface area contributed by atoms with Gasteiger partial charge in [-0.1, -0.05) is 36.8 Å². The molecule has 1 atom stereocenters. The molecule has 22 heavy (non-hydrogen) atoms. The molecule has 0 spiro atoms. The average molecular weight is 311 g/mol. The minimum atomic E-state index is -0.833. The van der Waals surface area contributed by atoms with Crippen LogP contribution in [0, 0.1) is 11.3 Å². The second kappa shape index (κ2) is 17.0. The number of rotatable bonds is 7. The maximum absolute atomic E-state index is 9.00. The maximum Gasteiger partial charge on any atom is 0.300 e.